The monoisotopic (exact) mass is 240 g/mol. The number of ether oxygens (including phenoxy) is 1. The smallest absolute Gasteiger partial charge is 0.137 e. The highest BCUT2D eigenvalue weighted by molar-refractivity contribution is 6.32. The standard InChI is InChI=1S/C13H17ClO2/c1-16-13-7-5-10(8-11(13)14)12(15)6-4-9-2-3-9/h5,7-9,12,15H,2-4,6H2,1H3. The van der Waals surface area contributed by atoms with Gasteiger partial charge in [-0.15, -0.1) is 0 Å². The Morgan fingerprint density at radius 1 is 1.50 bits per heavy atom. The molecule has 0 aromatic heterocycles. The van der Waals surface area contributed by atoms with Gasteiger partial charge in [-0.25, -0.2) is 0 Å². The summed E-state index contributed by atoms with van der Waals surface area (Å²) < 4.78 is 5.07. The minimum absolute atomic E-state index is 0.399. The van der Waals surface area contributed by atoms with Crippen LogP contribution < -0.4 is 4.74 Å². The maximum Gasteiger partial charge on any atom is 0.137 e. The Balaban J connectivity index is 1.98. The van der Waals surface area contributed by atoms with Crippen LogP contribution in [0.2, 0.25) is 5.02 Å². The van der Waals surface area contributed by atoms with Crippen LogP contribution in [0, 0.1) is 5.92 Å². The number of halogens is 1. The lowest BCUT2D eigenvalue weighted by Crippen LogP contribution is -1.98. The Morgan fingerprint density at radius 3 is 2.81 bits per heavy atom. The number of methoxy groups -OCH3 is 1. The van der Waals surface area contributed by atoms with Gasteiger partial charge in [0.15, 0.2) is 0 Å². The highest BCUT2D eigenvalue weighted by atomic mass is 35.5. The van der Waals surface area contributed by atoms with Crippen LogP contribution in [0.1, 0.15) is 37.4 Å². The van der Waals surface area contributed by atoms with Crippen LogP contribution >= 0.6 is 11.6 Å². The Morgan fingerprint density at radius 2 is 2.25 bits per heavy atom. The van der Waals surface area contributed by atoms with Crippen LogP contribution in [0.4, 0.5) is 0 Å². The first-order valence-corrected chi connectivity index (χ1v) is 6.10. The van der Waals surface area contributed by atoms with Crippen molar-refractivity contribution in [1.29, 1.82) is 0 Å². The van der Waals surface area contributed by atoms with Gasteiger partial charge in [0.05, 0.1) is 18.2 Å². The third kappa shape index (κ3) is 2.89. The van der Waals surface area contributed by atoms with Crippen molar-refractivity contribution >= 4 is 11.6 Å². The second-order valence-electron chi connectivity index (χ2n) is 4.43. The summed E-state index contributed by atoms with van der Waals surface area (Å²) in [7, 11) is 1.59. The van der Waals surface area contributed by atoms with Crippen LogP contribution in [0.25, 0.3) is 0 Å². The molecule has 0 aliphatic heterocycles. The van der Waals surface area contributed by atoms with E-state index in [1.165, 1.54) is 12.8 Å². The summed E-state index contributed by atoms with van der Waals surface area (Å²) in [5.41, 5.74) is 0.881. The van der Waals surface area contributed by atoms with E-state index in [-0.39, 0.29) is 0 Å². The summed E-state index contributed by atoms with van der Waals surface area (Å²) in [6.07, 6.45) is 4.20. The molecular formula is C13H17ClO2. The van der Waals surface area contributed by atoms with Crippen molar-refractivity contribution in [3.63, 3.8) is 0 Å². The van der Waals surface area contributed by atoms with Crippen molar-refractivity contribution in [2.75, 3.05) is 7.11 Å². The SMILES string of the molecule is COc1ccc(C(O)CCC2CC2)cc1Cl. The summed E-state index contributed by atoms with van der Waals surface area (Å²) in [5, 5.41) is 10.5. The number of rotatable bonds is 5. The molecule has 1 aliphatic carbocycles. The first kappa shape index (κ1) is 11.7. The van der Waals surface area contributed by atoms with Gasteiger partial charge in [0, 0.05) is 0 Å². The van der Waals surface area contributed by atoms with Crippen molar-refractivity contribution in [3.8, 4) is 5.75 Å². The summed E-state index contributed by atoms with van der Waals surface area (Å²) in [4.78, 5) is 0. The molecule has 0 spiro atoms. The van der Waals surface area contributed by atoms with Gasteiger partial charge in [0.25, 0.3) is 0 Å². The zero-order chi connectivity index (χ0) is 11.5. The third-order valence-electron chi connectivity index (χ3n) is 3.11. The molecule has 16 heavy (non-hydrogen) atoms. The maximum atomic E-state index is 9.99. The first-order chi connectivity index (χ1) is 7.70. The van der Waals surface area contributed by atoms with E-state index in [2.05, 4.69) is 0 Å². The van der Waals surface area contributed by atoms with E-state index in [0.717, 1.165) is 24.3 Å². The van der Waals surface area contributed by atoms with Gasteiger partial charge in [-0.2, -0.15) is 0 Å². The van der Waals surface area contributed by atoms with Gasteiger partial charge in [0.2, 0.25) is 0 Å². The molecule has 0 radical (unpaired) electrons. The van der Waals surface area contributed by atoms with Crippen LogP contribution in [0.5, 0.6) is 5.75 Å². The van der Waals surface area contributed by atoms with E-state index in [4.69, 9.17) is 16.3 Å². The molecule has 2 nitrogen and oxygen atoms in total. The first-order valence-electron chi connectivity index (χ1n) is 5.72. The van der Waals surface area contributed by atoms with E-state index in [1.54, 1.807) is 19.2 Å². The van der Waals surface area contributed by atoms with Crippen molar-refractivity contribution in [2.24, 2.45) is 5.92 Å². The Kier molecular flexibility index (Phi) is 3.72. The highest BCUT2D eigenvalue weighted by Gasteiger charge is 2.22. The fourth-order valence-corrected chi connectivity index (χ4v) is 2.12. The Labute approximate surface area is 101 Å². The predicted molar refractivity (Wildman–Crippen MR) is 64.9 cm³/mol. The molecule has 1 aliphatic rings. The molecule has 2 rings (SSSR count). The van der Waals surface area contributed by atoms with Crippen molar-refractivity contribution in [2.45, 2.75) is 31.8 Å². The van der Waals surface area contributed by atoms with Crippen LogP contribution in [0.15, 0.2) is 18.2 Å². The van der Waals surface area contributed by atoms with Crippen molar-refractivity contribution < 1.29 is 9.84 Å². The quantitative estimate of drug-likeness (QED) is 0.853. The van der Waals surface area contributed by atoms with Gasteiger partial charge in [-0.05, 0) is 36.5 Å². The van der Waals surface area contributed by atoms with Crippen molar-refractivity contribution in [1.82, 2.24) is 0 Å². The van der Waals surface area contributed by atoms with Crippen LogP contribution in [-0.4, -0.2) is 12.2 Å². The molecule has 0 bridgehead atoms. The average Bonchev–Trinajstić information content (AvgIpc) is 3.09. The Bertz CT molecular complexity index is 361. The minimum atomic E-state index is -0.399. The number of hydrogen-bond donors (Lipinski definition) is 1. The van der Waals surface area contributed by atoms with Crippen LogP contribution in [-0.2, 0) is 0 Å². The molecule has 0 heterocycles. The average molecular weight is 241 g/mol. The summed E-state index contributed by atoms with van der Waals surface area (Å²) in [6, 6.07) is 5.47. The molecule has 0 saturated heterocycles. The second-order valence-corrected chi connectivity index (χ2v) is 4.84. The molecule has 0 amide bonds. The Hall–Kier alpha value is -0.730. The molecule has 1 fully saturated rings. The van der Waals surface area contributed by atoms with E-state index in [0.29, 0.717) is 10.8 Å². The summed E-state index contributed by atoms with van der Waals surface area (Å²) >= 11 is 6.01. The summed E-state index contributed by atoms with van der Waals surface area (Å²) in [6.45, 7) is 0. The highest BCUT2D eigenvalue weighted by Crippen LogP contribution is 2.36. The molecule has 1 saturated carbocycles. The molecule has 1 aromatic carbocycles. The van der Waals surface area contributed by atoms with E-state index in [1.807, 2.05) is 6.07 Å². The van der Waals surface area contributed by atoms with Gasteiger partial charge in [0.1, 0.15) is 5.75 Å². The lowest BCUT2D eigenvalue weighted by atomic mass is 10.0. The minimum Gasteiger partial charge on any atom is -0.495 e. The van der Waals surface area contributed by atoms with Gasteiger partial charge >= 0.3 is 0 Å². The molecule has 1 atom stereocenters. The molecule has 1 aromatic rings. The largest absolute Gasteiger partial charge is 0.495 e. The van der Waals surface area contributed by atoms with Crippen LogP contribution in [0.3, 0.4) is 0 Å². The number of aliphatic hydroxyl groups is 1. The zero-order valence-corrected chi connectivity index (χ0v) is 10.2. The third-order valence-corrected chi connectivity index (χ3v) is 3.40. The van der Waals surface area contributed by atoms with Gasteiger partial charge < -0.3 is 9.84 Å². The number of aliphatic hydroxyl groups excluding tert-OH is 1. The van der Waals surface area contributed by atoms with Gasteiger partial charge in [-0.3, -0.25) is 0 Å². The zero-order valence-electron chi connectivity index (χ0n) is 9.45. The summed E-state index contributed by atoms with van der Waals surface area (Å²) in [5.74, 6) is 1.50. The number of hydrogen-bond acceptors (Lipinski definition) is 2. The second kappa shape index (κ2) is 5.07. The molecule has 1 N–H and O–H groups in total. The lowest BCUT2D eigenvalue weighted by molar-refractivity contribution is 0.162. The molecule has 88 valence electrons. The lowest BCUT2D eigenvalue weighted by Gasteiger charge is -2.12. The molecular weight excluding hydrogens is 224 g/mol. The predicted octanol–water partition coefficient (Wildman–Crippen LogP) is 3.57. The number of benzene rings is 1. The maximum absolute atomic E-state index is 9.99. The van der Waals surface area contributed by atoms with Crippen molar-refractivity contribution in [3.05, 3.63) is 28.8 Å². The van der Waals surface area contributed by atoms with E-state index in [9.17, 15) is 5.11 Å². The van der Waals surface area contributed by atoms with Gasteiger partial charge in [-0.1, -0.05) is 30.5 Å². The van der Waals surface area contributed by atoms with E-state index >= 15 is 0 Å². The molecule has 3 heteroatoms. The fourth-order valence-electron chi connectivity index (χ4n) is 1.86. The topological polar surface area (TPSA) is 29.5 Å². The fraction of sp³-hybridized carbons (Fsp3) is 0.538. The van der Waals surface area contributed by atoms with E-state index < -0.39 is 6.10 Å². The normalized spacial score (nSPS) is 17.2. The molecule has 1 unspecified atom stereocenters.